The zero-order chi connectivity index (χ0) is 13.8. The molecule has 0 unspecified atom stereocenters. The van der Waals surface area contributed by atoms with Gasteiger partial charge < -0.3 is 15.2 Å². The Bertz CT molecular complexity index is 579. The summed E-state index contributed by atoms with van der Waals surface area (Å²) in [6.45, 7) is 4.59. The van der Waals surface area contributed by atoms with Crippen molar-refractivity contribution in [3.63, 3.8) is 0 Å². The molecule has 0 aliphatic heterocycles. The van der Waals surface area contributed by atoms with Crippen LogP contribution in [0.25, 0.3) is 0 Å². The molecule has 0 spiro atoms. The predicted molar refractivity (Wildman–Crippen MR) is 77.7 cm³/mol. The van der Waals surface area contributed by atoms with Crippen LogP contribution in [-0.4, -0.2) is 7.11 Å². The molecule has 0 aromatic heterocycles. The Labute approximate surface area is 114 Å². The smallest absolute Gasteiger partial charge is 0.122 e. The largest absolute Gasteiger partial charge is 0.497 e. The van der Waals surface area contributed by atoms with Crippen molar-refractivity contribution in [3.05, 3.63) is 53.1 Å². The van der Waals surface area contributed by atoms with Crippen molar-refractivity contribution in [2.24, 2.45) is 0 Å². The van der Waals surface area contributed by atoms with Crippen molar-refractivity contribution in [2.75, 3.05) is 12.8 Å². The molecule has 0 aliphatic rings. The number of aryl methyl sites for hydroxylation is 2. The van der Waals surface area contributed by atoms with Gasteiger partial charge in [0.05, 0.1) is 7.11 Å². The lowest BCUT2D eigenvalue weighted by atomic mass is 10.1. The highest BCUT2D eigenvalue weighted by Gasteiger charge is 2.03. The van der Waals surface area contributed by atoms with Gasteiger partial charge in [0, 0.05) is 11.8 Å². The molecule has 2 N–H and O–H groups in total. The van der Waals surface area contributed by atoms with Crippen LogP contribution >= 0.6 is 0 Å². The van der Waals surface area contributed by atoms with Crippen LogP contribution in [0.3, 0.4) is 0 Å². The highest BCUT2D eigenvalue weighted by atomic mass is 16.5. The van der Waals surface area contributed by atoms with Crippen molar-refractivity contribution < 1.29 is 9.47 Å². The summed E-state index contributed by atoms with van der Waals surface area (Å²) >= 11 is 0. The molecule has 0 amide bonds. The summed E-state index contributed by atoms with van der Waals surface area (Å²) in [7, 11) is 1.63. The van der Waals surface area contributed by atoms with E-state index in [1.54, 1.807) is 13.2 Å². The Hall–Kier alpha value is -2.16. The zero-order valence-corrected chi connectivity index (χ0v) is 11.6. The van der Waals surface area contributed by atoms with Gasteiger partial charge in [-0.25, -0.2) is 0 Å². The maximum absolute atomic E-state index is 5.82. The molecule has 19 heavy (non-hydrogen) atoms. The third kappa shape index (κ3) is 3.41. The van der Waals surface area contributed by atoms with Gasteiger partial charge in [0.1, 0.15) is 18.1 Å². The van der Waals surface area contributed by atoms with Gasteiger partial charge in [0.2, 0.25) is 0 Å². The van der Waals surface area contributed by atoms with E-state index < -0.39 is 0 Å². The first-order valence-corrected chi connectivity index (χ1v) is 6.22. The van der Waals surface area contributed by atoms with Crippen molar-refractivity contribution >= 4 is 5.69 Å². The van der Waals surface area contributed by atoms with E-state index >= 15 is 0 Å². The molecule has 100 valence electrons. The second kappa shape index (κ2) is 5.65. The first-order valence-electron chi connectivity index (χ1n) is 6.22. The fraction of sp³-hybridized carbons (Fsp3) is 0.250. The predicted octanol–water partition coefficient (Wildman–Crippen LogP) is 3.47. The molecule has 2 aromatic carbocycles. The lowest BCUT2D eigenvalue weighted by Crippen LogP contribution is -1.99. The van der Waals surface area contributed by atoms with E-state index in [2.05, 4.69) is 13.0 Å². The molecule has 2 rings (SSSR count). The Morgan fingerprint density at radius 3 is 2.53 bits per heavy atom. The minimum atomic E-state index is 0.477. The summed E-state index contributed by atoms with van der Waals surface area (Å²) in [5, 5.41) is 0. The maximum atomic E-state index is 5.82. The normalized spacial score (nSPS) is 10.3. The van der Waals surface area contributed by atoms with Gasteiger partial charge in [-0.1, -0.05) is 17.7 Å². The number of benzene rings is 2. The number of nitrogen functional groups attached to an aromatic ring is 1. The molecule has 0 aliphatic carbocycles. The third-order valence-electron chi connectivity index (χ3n) is 2.95. The molecule has 3 heteroatoms. The number of nitrogens with two attached hydrogens (primary N) is 1. The number of anilines is 1. The molecule has 0 fully saturated rings. The average Bonchev–Trinajstić information content (AvgIpc) is 2.37. The van der Waals surface area contributed by atoms with Crippen molar-refractivity contribution in [1.29, 1.82) is 0 Å². The van der Waals surface area contributed by atoms with Gasteiger partial charge in [-0.15, -0.1) is 0 Å². The minimum Gasteiger partial charge on any atom is -0.497 e. The van der Waals surface area contributed by atoms with E-state index in [4.69, 9.17) is 15.2 Å². The summed E-state index contributed by atoms with van der Waals surface area (Å²) in [6, 6.07) is 11.8. The molecule has 3 nitrogen and oxygen atoms in total. The molecule has 0 saturated carbocycles. The van der Waals surface area contributed by atoms with E-state index in [1.807, 2.05) is 31.2 Å². The average molecular weight is 257 g/mol. The Kier molecular flexibility index (Phi) is 3.95. The highest BCUT2D eigenvalue weighted by molar-refractivity contribution is 5.47. The minimum absolute atomic E-state index is 0.477. The highest BCUT2D eigenvalue weighted by Crippen LogP contribution is 2.22. The van der Waals surface area contributed by atoms with Crippen LogP contribution in [0.2, 0.25) is 0 Å². The summed E-state index contributed by atoms with van der Waals surface area (Å²) in [6.07, 6.45) is 0. The molecular formula is C16H19NO2. The standard InChI is InChI=1S/C16H19NO2/c1-11-4-5-16(12(2)6-11)19-10-13-7-14(17)9-15(8-13)18-3/h4-9H,10,17H2,1-3H3. The van der Waals surface area contributed by atoms with E-state index in [0.29, 0.717) is 12.3 Å². The number of rotatable bonds is 4. The Morgan fingerprint density at radius 1 is 1.05 bits per heavy atom. The maximum Gasteiger partial charge on any atom is 0.122 e. The second-order valence-electron chi connectivity index (χ2n) is 4.67. The SMILES string of the molecule is COc1cc(N)cc(COc2ccc(C)cc2C)c1. The van der Waals surface area contributed by atoms with Crippen LogP contribution < -0.4 is 15.2 Å². The molecular weight excluding hydrogens is 238 g/mol. The van der Waals surface area contributed by atoms with Gasteiger partial charge in [-0.05, 0) is 43.2 Å². The van der Waals surface area contributed by atoms with E-state index in [1.165, 1.54) is 5.56 Å². The lowest BCUT2D eigenvalue weighted by Gasteiger charge is -2.11. The van der Waals surface area contributed by atoms with Crippen molar-refractivity contribution in [2.45, 2.75) is 20.5 Å². The molecule has 0 heterocycles. The van der Waals surface area contributed by atoms with Gasteiger partial charge in [0.15, 0.2) is 0 Å². The van der Waals surface area contributed by atoms with Gasteiger partial charge in [0.25, 0.3) is 0 Å². The molecule has 2 aromatic rings. The number of hydrogen-bond donors (Lipinski definition) is 1. The van der Waals surface area contributed by atoms with Crippen LogP contribution in [0.1, 0.15) is 16.7 Å². The molecule has 0 radical (unpaired) electrons. The summed E-state index contributed by atoms with van der Waals surface area (Å²) in [5.74, 6) is 1.64. The first-order chi connectivity index (χ1) is 9.08. The van der Waals surface area contributed by atoms with E-state index in [0.717, 1.165) is 22.6 Å². The summed E-state index contributed by atoms with van der Waals surface area (Å²) < 4.78 is 11.0. The second-order valence-corrected chi connectivity index (χ2v) is 4.67. The molecule has 0 atom stereocenters. The summed E-state index contributed by atoms with van der Waals surface area (Å²) in [5.41, 5.74) is 9.86. The fourth-order valence-corrected chi connectivity index (χ4v) is 2.01. The third-order valence-corrected chi connectivity index (χ3v) is 2.95. The van der Waals surface area contributed by atoms with Crippen LogP contribution in [-0.2, 0) is 6.61 Å². The topological polar surface area (TPSA) is 44.5 Å². The Morgan fingerprint density at radius 2 is 1.84 bits per heavy atom. The van der Waals surface area contributed by atoms with Gasteiger partial charge in [-0.3, -0.25) is 0 Å². The van der Waals surface area contributed by atoms with Crippen LogP contribution in [0.15, 0.2) is 36.4 Å². The number of ether oxygens (including phenoxy) is 2. The van der Waals surface area contributed by atoms with Gasteiger partial charge >= 0.3 is 0 Å². The quantitative estimate of drug-likeness (QED) is 0.853. The van der Waals surface area contributed by atoms with Gasteiger partial charge in [-0.2, -0.15) is 0 Å². The molecule has 0 saturated heterocycles. The van der Waals surface area contributed by atoms with Crippen LogP contribution in [0, 0.1) is 13.8 Å². The van der Waals surface area contributed by atoms with Crippen molar-refractivity contribution in [1.82, 2.24) is 0 Å². The zero-order valence-electron chi connectivity index (χ0n) is 11.6. The Balaban J connectivity index is 2.12. The lowest BCUT2D eigenvalue weighted by molar-refractivity contribution is 0.303. The molecule has 0 bridgehead atoms. The monoisotopic (exact) mass is 257 g/mol. The van der Waals surface area contributed by atoms with Crippen LogP contribution in [0.4, 0.5) is 5.69 Å². The van der Waals surface area contributed by atoms with Crippen molar-refractivity contribution in [3.8, 4) is 11.5 Å². The summed E-state index contributed by atoms with van der Waals surface area (Å²) in [4.78, 5) is 0. The van der Waals surface area contributed by atoms with E-state index in [-0.39, 0.29) is 0 Å². The van der Waals surface area contributed by atoms with Crippen LogP contribution in [0.5, 0.6) is 11.5 Å². The number of methoxy groups -OCH3 is 1. The number of hydrogen-bond acceptors (Lipinski definition) is 3. The van der Waals surface area contributed by atoms with E-state index in [9.17, 15) is 0 Å². The first kappa shape index (κ1) is 13.3. The fourth-order valence-electron chi connectivity index (χ4n) is 2.01.